The third-order valence-electron chi connectivity index (χ3n) is 2.10. The fourth-order valence-corrected chi connectivity index (χ4v) is 1.16. The van der Waals surface area contributed by atoms with E-state index in [4.69, 9.17) is 10.2 Å². The van der Waals surface area contributed by atoms with Crippen LogP contribution in [0, 0.1) is 6.92 Å². The maximum Gasteiger partial charge on any atom is 0.328 e. The van der Waals surface area contributed by atoms with Crippen LogP contribution in [-0.2, 0) is 6.54 Å². The van der Waals surface area contributed by atoms with Crippen molar-refractivity contribution < 1.29 is 10.2 Å². The maximum absolute atomic E-state index is 11.3. The van der Waals surface area contributed by atoms with E-state index in [1.807, 2.05) is 0 Å². The molecule has 6 nitrogen and oxygen atoms in total. The summed E-state index contributed by atoms with van der Waals surface area (Å²) in [5, 5.41) is 17.7. The summed E-state index contributed by atoms with van der Waals surface area (Å²) in [5.41, 5.74) is -0.470. The lowest BCUT2D eigenvalue weighted by Gasteiger charge is -2.08. The lowest BCUT2D eigenvalue weighted by atomic mass is 10.2. The molecule has 1 rings (SSSR count). The molecule has 0 aromatic carbocycles. The number of aromatic amines is 1. The van der Waals surface area contributed by atoms with Crippen LogP contribution < -0.4 is 11.2 Å². The molecular formula is C9H14N2O4. The second kappa shape index (κ2) is 4.90. The number of rotatable bonds is 4. The monoisotopic (exact) mass is 214 g/mol. The zero-order valence-corrected chi connectivity index (χ0v) is 8.43. The van der Waals surface area contributed by atoms with E-state index in [0.717, 1.165) is 0 Å². The molecule has 1 unspecified atom stereocenters. The van der Waals surface area contributed by atoms with Gasteiger partial charge in [0, 0.05) is 18.3 Å². The summed E-state index contributed by atoms with van der Waals surface area (Å²) in [6, 6.07) is 0. The first-order valence-electron chi connectivity index (χ1n) is 4.64. The van der Waals surface area contributed by atoms with Crippen LogP contribution in [0.15, 0.2) is 15.8 Å². The fourth-order valence-electron chi connectivity index (χ4n) is 1.16. The molecule has 0 saturated heterocycles. The minimum atomic E-state index is -0.843. The van der Waals surface area contributed by atoms with Crippen LogP contribution in [0.4, 0.5) is 0 Å². The largest absolute Gasteiger partial charge is 0.394 e. The minimum absolute atomic E-state index is 0.262. The quantitative estimate of drug-likeness (QED) is 0.573. The van der Waals surface area contributed by atoms with E-state index < -0.39 is 17.4 Å². The van der Waals surface area contributed by atoms with E-state index in [0.29, 0.717) is 5.56 Å². The fraction of sp³-hybridized carbons (Fsp3) is 0.556. The SMILES string of the molecule is Cc1cn(CCC(O)CO)c(=O)[nH]c1=O. The number of hydrogen-bond donors (Lipinski definition) is 3. The molecule has 0 radical (unpaired) electrons. The number of nitrogens with zero attached hydrogens (tertiary/aromatic N) is 1. The van der Waals surface area contributed by atoms with Gasteiger partial charge in [-0.1, -0.05) is 0 Å². The second-order valence-corrected chi connectivity index (χ2v) is 3.39. The van der Waals surface area contributed by atoms with E-state index in [1.54, 1.807) is 6.92 Å². The molecule has 0 saturated carbocycles. The lowest BCUT2D eigenvalue weighted by Crippen LogP contribution is -2.31. The smallest absolute Gasteiger partial charge is 0.328 e. The van der Waals surface area contributed by atoms with E-state index in [-0.39, 0.29) is 19.6 Å². The molecule has 0 spiro atoms. The third kappa shape index (κ3) is 3.03. The van der Waals surface area contributed by atoms with Crippen LogP contribution >= 0.6 is 0 Å². The highest BCUT2D eigenvalue weighted by atomic mass is 16.3. The summed E-state index contributed by atoms with van der Waals surface area (Å²) in [4.78, 5) is 24.4. The summed E-state index contributed by atoms with van der Waals surface area (Å²) in [7, 11) is 0. The van der Waals surface area contributed by atoms with Crippen LogP contribution in [0.25, 0.3) is 0 Å². The van der Waals surface area contributed by atoms with Crippen molar-refractivity contribution in [3.63, 3.8) is 0 Å². The first-order chi connectivity index (χ1) is 7.04. The molecule has 0 aliphatic heterocycles. The first-order valence-corrected chi connectivity index (χ1v) is 4.64. The van der Waals surface area contributed by atoms with Gasteiger partial charge in [0.15, 0.2) is 0 Å². The Morgan fingerprint density at radius 2 is 2.20 bits per heavy atom. The van der Waals surface area contributed by atoms with Gasteiger partial charge in [-0.25, -0.2) is 4.79 Å². The molecule has 6 heteroatoms. The molecule has 3 N–H and O–H groups in total. The van der Waals surface area contributed by atoms with Crippen molar-refractivity contribution in [1.29, 1.82) is 0 Å². The molecule has 1 heterocycles. The number of aryl methyl sites for hydroxylation is 2. The number of aliphatic hydroxyl groups is 2. The number of H-pyrrole nitrogens is 1. The lowest BCUT2D eigenvalue weighted by molar-refractivity contribution is 0.0843. The van der Waals surface area contributed by atoms with Crippen LogP contribution in [0.1, 0.15) is 12.0 Å². The second-order valence-electron chi connectivity index (χ2n) is 3.39. The Balaban J connectivity index is 2.82. The summed E-state index contributed by atoms with van der Waals surface area (Å²) >= 11 is 0. The molecule has 0 amide bonds. The van der Waals surface area contributed by atoms with E-state index in [2.05, 4.69) is 4.98 Å². The Bertz CT molecular complexity index is 434. The zero-order chi connectivity index (χ0) is 11.4. The molecule has 1 atom stereocenters. The molecule has 1 aromatic heterocycles. The highest BCUT2D eigenvalue weighted by molar-refractivity contribution is 5.00. The first kappa shape index (κ1) is 11.7. The molecule has 1 aromatic rings. The van der Waals surface area contributed by atoms with Gasteiger partial charge in [-0.3, -0.25) is 9.78 Å². The predicted molar refractivity (Wildman–Crippen MR) is 53.8 cm³/mol. The van der Waals surface area contributed by atoms with Gasteiger partial charge in [-0.15, -0.1) is 0 Å². The maximum atomic E-state index is 11.3. The molecule has 0 fully saturated rings. The molecule has 15 heavy (non-hydrogen) atoms. The topological polar surface area (TPSA) is 95.3 Å². The molecule has 0 aliphatic carbocycles. The van der Waals surface area contributed by atoms with Crippen molar-refractivity contribution in [3.8, 4) is 0 Å². The standard InChI is InChI=1S/C9H14N2O4/c1-6-4-11(3-2-7(13)5-12)9(15)10-8(6)14/h4,7,12-13H,2-3,5H2,1H3,(H,10,14,15). The normalized spacial score (nSPS) is 12.7. The Hall–Kier alpha value is -1.40. The summed E-state index contributed by atoms with van der Waals surface area (Å²) in [6.07, 6.45) is 0.858. The van der Waals surface area contributed by atoms with Crippen molar-refractivity contribution >= 4 is 0 Å². The highest BCUT2D eigenvalue weighted by Gasteiger charge is 2.04. The van der Waals surface area contributed by atoms with Gasteiger partial charge in [0.05, 0.1) is 12.7 Å². The van der Waals surface area contributed by atoms with Gasteiger partial charge < -0.3 is 14.8 Å². The summed E-state index contributed by atoms with van der Waals surface area (Å²) < 4.78 is 1.30. The Morgan fingerprint density at radius 3 is 2.80 bits per heavy atom. The molecule has 84 valence electrons. The minimum Gasteiger partial charge on any atom is -0.394 e. The van der Waals surface area contributed by atoms with Gasteiger partial charge in [0.25, 0.3) is 5.56 Å². The average molecular weight is 214 g/mol. The van der Waals surface area contributed by atoms with Crippen LogP contribution in [-0.4, -0.2) is 32.5 Å². The van der Waals surface area contributed by atoms with Gasteiger partial charge in [-0.2, -0.15) is 0 Å². The summed E-state index contributed by atoms with van der Waals surface area (Å²) in [5.74, 6) is 0. The number of aliphatic hydroxyl groups excluding tert-OH is 2. The van der Waals surface area contributed by atoms with Crippen molar-refractivity contribution in [2.24, 2.45) is 0 Å². The van der Waals surface area contributed by atoms with Gasteiger partial charge in [-0.05, 0) is 13.3 Å². The van der Waals surface area contributed by atoms with Gasteiger partial charge in [0.1, 0.15) is 0 Å². The van der Waals surface area contributed by atoms with Crippen molar-refractivity contribution in [2.75, 3.05) is 6.61 Å². The van der Waals surface area contributed by atoms with Crippen LogP contribution in [0.3, 0.4) is 0 Å². The highest BCUT2D eigenvalue weighted by Crippen LogP contribution is 1.93. The zero-order valence-electron chi connectivity index (χ0n) is 8.43. The Morgan fingerprint density at radius 1 is 1.53 bits per heavy atom. The van der Waals surface area contributed by atoms with E-state index in [9.17, 15) is 9.59 Å². The molecular weight excluding hydrogens is 200 g/mol. The summed E-state index contributed by atoms with van der Waals surface area (Å²) in [6.45, 7) is 1.52. The number of hydrogen-bond acceptors (Lipinski definition) is 4. The van der Waals surface area contributed by atoms with E-state index in [1.165, 1.54) is 10.8 Å². The van der Waals surface area contributed by atoms with Crippen LogP contribution in [0.2, 0.25) is 0 Å². The van der Waals surface area contributed by atoms with Crippen molar-refractivity contribution in [3.05, 3.63) is 32.6 Å². The van der Waals surface area contributed by atoms with Gasteiger partial charge >= 0.3 is 5.69 Å². The predicted octanol–water partition coefficient (Wildman–Crippen LogP) is -1.41. The number of nitrogens with one attached hydrogen (secondary N) is 1. The molecule has 0 aliphatic rings. The Labute approximate surface area is 85.8 Å². The van der Waals surface area contributed by atoms with Gasteiger partial charge in [0.2, 0.25) is 0 Å². The van der Waals surface area contributed by atoms with Crippen molar-refractivity contribution in [2.45, 2.75) is 26.0 Å². The third-order valence-corrected chi connectivity index (χ3v) is 2.10. The molecule has 0 bridgehead atoms. The van der Waals surface area contributed by atoms with E-state index >= 15 is 0 Å². The Kier molecular flexibility index (Phi) is 3.81. The number of aromatic nitrogens is 2. The average Bonchev–Trinajstić information content (AvgIpc) is 2.21. The van der Waals surface area contributed by atoms with Crippen molar-refractivity contribution in [1.82, 2.24) is 9.55 Å². The van der Waals surface area contributed by atoms with Crippen LogP contribution in [0.5, 0.6) is 0 Å².